The van der Waals surface area contributed by atoms with Crippen molar-refractivity contribution < 1.29 is 43.3 Å². The molecule has 1 fully saturated rings. The van der Waals surface area contributed by atoms with E-state index in [1.807, 2.05) is 0 Å². The highest BCUT2D eigenvalue weighted by molar-refractivity contribution is 8.13. The summed E-state index contributed by atoms with van der Waals surface area (Å²) in [4.78, 5) is 72.6. The van der Waals surface area contributed by atoms with Gasteiger partial charge in [-0.25, -0.2) is 0 Å². The monoisotopic (exact) mass is 488 g/mol. The number of rotatable bonds is 5. The molecule has 0 bridgehead atoms. The van der Waals surface area contributed by atoms with E-state index in [4.69, 9.17) is 9.47 Å². The maximum Gasteiger partial charge on any atom is 0.308 e. The number of hydrogen-bond acceptors (Lipinski definition) is 10. The Labute approximate surface area is 196 Å². The average molecular weight is 489 g/mol. The minimum atomic E-state index is -1.38. The number of ketones is 1. The van der Waals surface area contributed by atoms with Gasteiger partial charge in [0.05, 0.1) is 25.4 Å². The van der Waals surface area contributed by atoms with E-state index in [1.165, 1.54) is 6.92 Å². The SMILES string of the molecule is C[C@H](O)CC(=O)OCC(C)(C)[C@H]1OC(=O)CCC(=O)CC(=O)SCCNC(=O)CCNC1=O. The number of aliphatic hydroxyl groups excluding tert-OH is 1. The van der Waals surface area contributed by atoms with Crippen LogP contribution in [0.25, 0.3) is 0 Å². The van der Waals surface area contributed by atoms with Crippen LogP contribution in [0.4, 0.5) is 0 Å². The lowest BCUT2D eigenvalue weighted by Gasteiger charge is -2.32. The molecule has 1 aliphatic rings. The molecule has 0 saturated carbocycles. The molecule has 0 aliphatic carbocycles. The van der Waals surface area contributed by atoms with Crippen LogP contribution in [0.5, 0.6) is 0 Å². The minimum Gasteiger partial charge on any atom is -0.465 e. The van der Waals surface area contributed by atoms with Crippen molar-refractivity contribution in [3.05, 3.63) is 0 Å². The third kappa shape index (κ3) is 11.8. The zero-order chi connectivity index (χ0) is 25.0. The maximum atomic E-state index is 12.8. The van der Waals surface area contributed by atoms with Crippen molar-refractivity contribution >= 4 is 46.4 Å². The number of hydrogen-bond donors (Lipinski definition) is 3. The summed E-state index contributed by atoms with van der Waals surface area (Å²) < 4.78 is 10.5. The van der Waals surface area contributed by atoms with Gasteiger partial charge in [-0.05, 0) is 6.92 Å². The van der Waals surface area contributed by atoms with Crippen LogP contribution in [0.3, 0.4) is 0 Å². The second kappa shape index (κ2) is 13.9. The molecule has 2 atom stereocenters. The molecule has 1 aliphatic heterocycles. The Kier molecular flexibility index (Phi) is 12.1. The molecule has 11 nitrogen and oxygen atoms in total. The van der Waals surface area contributed by atoms with Gasteiger partial charge in [-0.1, -0.05) is 25.6 Å². The first-order valence-electron chi connectivity index (χ1n) is 10.7. The number of ether oxygens (including phenoxy) is 2. The van der Waals surface area contributed by atoms with E-state index in [0.29, 0.717) is 5.75 Å². The van der Waals surface area contributed by atoms with Crippen LogP contribution in [-0.4, -0.2) is 77.4 Å². The first-order valence-corrected chi connectivity index (χ1v) is 11.6. The zero-order valence-corrected chi connectivity index (χ0v) is 20.0. The van der Waals surface area contributed by atoms with Crippen LogP contribution < -0.4 is 10.6 Å². The first-order chi connectivity index (χ1) is 15.4. The Morgan fingerprint density at radius 1 is 1.15 bits per heavy atom. The molecule has 1 rings (SSSR count). The Bertz CT molecular complexity index is 752. The summed E-state index contributed by atoms with van der Waals surface area (Å²) in [6, 6.07) is 0. The van der Waals surface area contributed by atoms with Crippen LogP contribution in [0, 0.1) is 5.41 Å². The van der Waals surface area contributed by atoms with Crippen LogP contribution in [0.1, 0.15) is 52.9 Å². The summed E-state index contributed by atoms with van der Waals surface area (Å²) >= 11 is 0.921. The largest absolute Gasteiger partial charge is 0.465 e. The summed E-state index contributed by atoms with van der Waals surface area (Å²) in [5.74, 6) is -2.67. The van der Waals surface area contributed by atoms with Crippen molar-refractivity contribution in [3.8, 4) is 0 Å². The van der Waals surface area contributed by atoms with E-state index >= 15 is 0 Å². The summed E-state index contributed by atoms with van der Waals surface area (Å²) in [6.45, 7) is 4.45. The van der Waals surface area contributed by atoms with Gasteiger partial charge in [-0.3, -0.25) is 28.8 Å². The normalized spacial score (nSPS) is 21.3. The van der Waals surface area contributed by atoms with Crippen molar-refractivity contribution in [2.75, 3.05) is 25.4 Å². The lowest BCUT2D eigenvalue weighted by Crippen LogP contribution is -2.49. The molecule has 2 amide bonds. The number of amides is 2. The zero-order valence-electron chi connectivity index (χ0n) is 19.1. The van der Waals surface area contributed by atoms with E-state index < -0.39 is 41.3 Å². The summed E-state index contributed by atoms with van der Waals surface area (Å²) in [7, 11) is 0. The summed E-state index contributed by atoms with van der Waals surface area (Å²) in [6.07, 6.45) is -3.44. The molecule has 186 valence electrons. The van der Waals surface area contributed by atoms with Crippen molar-refractivity contribution in [3.63, 3.8) is 0 Å². The molecule has 0 aromatic heterocycles. The van der Waals surface area contributed by atoms with Gasteiger partial charge in [-0.2, -0.15) is 0 Å². The summed E-state index contributed by atoms with van der Waals surface area (Å²) in [5, 5.41) is 14.1. The molecular formula is C21H32N2O9S. The number of carbonyl (C=O) groups is 6. The van der Waals surface area contributed by atoms with E-state index in [-0.39, 0.29) is 62.8 Å². The second-order valence-corrected chi connectivity index (χ2v) is 9.55. The highest BCUT2D eigenvalue weighted by atomic mass is 32.2. The molecule has 0 unspecified atom stereocenters. The third-order valence-corrected chi connectivity index (χ3v) is 5.43. The minimum absolute atomic E-state index is 0.0266. The lowest BCUT2D eigenvalue weighted by molar-refractivity contribution is -0.169. The lowest BCUT2D eigenvalue weighted by atomic mass is 9.86. The average Bonchev–Trinajstić information content (AvgIpc) is 2.71. The maximum absolute atomic E-state index is 12.8. The number of nitrogens with one attached hydrogen (secondary N) is 2. The van der Waals surface area contributed by atoms with Gasteiger partial charge in [0.25, 0.3) is 5.91 Å². The standard InChI is InChI=1S/C21H32N2O9S/c1-13(24)10-17(28)31-12-21(2,3)19-20(30)23-7-6-15(26)22-8-9-33-18(29)11-14(25)4-5-16(27)32-19/h13,19,24H,4-12H2,1-3H3,(H,22,26)(H,23,30)/t13-,19-/m0/s1. The fraction of sp³-hybridized carbons (Fsp3) is 0.714. The molecule has 0 aromatic carbocycles. The molecule has 12 heteroatoms. The van der Waals surface area contributed by atoms with Gasteiger partial charge in [0.15, 0.2) is 11.2 Å². The second-order valence-electron chi connectivity index (χ2n) is 8.40. The van der Waals surface area contributed by atoms with Gasteiger partial charge in [0, 0.05) is 37.1 Å². The molecular weight excluding hydrogens is 456 g/mol. The highest BCUT2D eigenvalue weighted by Crippen LogP contribution is 2.25. The Hall–Kier alpha value is -2.47. The van der Waals surface area contributed by atoms with Crippen LogP contribution in [0.2, 0.25) is 0 Å². The number of cyclic esters (lactones) is 1. The Morgan fingerprint density at radius 2 is 1.85 bits per heavy atom. The van der Waals surface area contributed by atoms with E-state index in [9.17, 15) is 33.9 Å². The first kappa shape index (κ1) is 28.6. The quantitative estimate of drug-likeness (QED) is 0.351. The molecule has 3 N–H and O–H groups in total. The number of carbonyl (C=O) groups excluding carboxylic acids is 6. The molecule has 0 radical (unpaired) electrons. The van der Waals surface area contributed by atoms with Crippen molar-refractivity contribution in [1.82, 2.24) is 10.6 Å². The number of thioether (sulfide) groups is 1. The third-order valence-electron chi connectivity index (χ3n) is 4.55. The summed E-state index contributed by atoms with van der Waals surface area (Å²) in [5.41, 5.74) is -1.16. The smallest absolute Gasteiger partial charge is 0.308 e. The van der Waals surface area contributed by atoms with Gasteiger partial charge in [0.2, 0.25) is 5.91 Å². The molecule has 1 heterocycles. The van der Waals surface area contributed by atoms with Gasteiger partial charge in [0.1, 0.15) is 12.4 Å². The fourth-order valence-electron chi connectivity index (χ4n) is 2.78. The van der Waals surface area contributed by atoms with E-state index in [1.54, 1.807) is 13.8 Å². The molecule has 1 saturated heterocycles. The predicted octanol–water partition coefficient (Wildman–Crippen LogP) is -0.126. The highest BCUT2D eigenvalue weighted by Gasteiger charge is 2.40. The van der Waals surface area contributed by atoms with E-state index in [2.05, 4.69) is 10.6 Å². The number of esters is 2. The van der Waals surface area contributed by atoms with Gasteiger partial charge in [-0.15, -0.1) is 0 Å². The van der Waals surface area contributed by atoms with Gasteiger partial charge >= 0.3 is 11.9 Å². The van der Waals surface area contributed by atoms with Crippen LogP contribution in [-0.2, 0) is 38.2 Å². The van der Waals surface area contributed by atoms with Crippen molar-refractivity contribution in [2.24, 2.45) is 5.41 Å². The Balaban J connectivity index is 2.93. The fourth-order valence-corrected chi connectivity index (χ4v) is 3.47. The number of aliphatic hydroxyl groups is 1. The van der Waals surface area contributed by atoms with Gasteiger partial charge < -0.3 is 25.2 Å². The molecule has 33 heavy (non-hydrogen) atoms. The number of Topliss-reactive ketones (excluding diaryl/α,β-unsaturated/α-hetero) is 1. The predicted molar refractivity (Wildman–Crippen MR) is 118 cm³/mol. The van der Waals surface area contributed by atoms with Crippen LogP contribution >= 0.6 is 11.8 Å². The topological polar surface area (TPSA) is 165 Å². The van der Waals surface area contributed by atoms with E-state index in [0.717, 1.165) is 11.8 Å². The van der Waals surface area contributed by atoms with Crippen molar-refractivity contribution in [2.45, 2.75) is 65.1 Å². The van der Waals surface area contributed by atoms with Crippen LogP contribution in [0.15, 0.2) is 0 Å². The Morgan fingerprint density at radius 3 is 2.52 bits per heavy atom. The molecule has 0 spiro atoms. The molecule has 0 aromatic rings. The van der Waals surface area contributed by atoms with Crippen molar-refractivity contribution in [1.29, 1.82) is 0 Å².